The molecule has 31 heavy (non-hydrogen) atoms. The number of hydrogen-bond acceptors (Lipinski definition) is 4. The Balaban J connectivity index is 1.38. The molecule has 0 aliphatic carbocycles. The molecule has 1 amide bonds. The normalized spacial score (nSPS) is 15.7. The highest BCUT2D eigenvalue weighted by Crippen LogP contribution is 2.27. The molecule has 162 valence electrons. The number of benzene rings is 2. The minimum absolute atomic E-state index is 0.0159. The standard InChI is InChI=1S/C24H26N2O4S/c1-18-8-9-22-21(17-30-24(22)19(18)2)16-23(27)25-11-13-26(14-12-25)31(28,29)15-10-20-6-4-3-5-7-20/h3-10,15,17H,11-14,16H2,1-2H3/b15-10+. The van der Waals surface area contributed by atoms with Gasteiger partial charge in [0.25, 0.3) is 0 Å². The van der Waals surface area contributed by atoms with E-state index in [9.17, 15) is 13.2 Å². The maximum absolute atomic E-state index is 12.8. The Morgan fingerprint density at radius 1 is 1.03 bits per heavy atom. The Bertz CT molecular complexity index is 1220. The zero-order valence-corrected chi connectivity index (χ0v) is 18.6. The first kappa shape index (κ1) is 21.3. The van der Waals surface area contributed by atoms with Crippen LogP contribution in [0.2, 0.25) is 0 Å². The van der Waals surface area contributed by atoms with Crippen LogP contribution in [0.3, 0.4) is 0 Å². The van der Waals surface area contributed by atoms with Gasteiger partial charge < -0.3 is 9.32 Å². The lowest BCUT2D eigenvalue weighted by atomic mass is 10.0. The van der Waals surface area contributed by atoms with Gasteiger partial charge in [0, 0.05) is 42.5 Å². The van der Waals surface area contributed by atoms with Gasteiger partial charge in [0.2, 0.25) is 15.9 Å². The summed E-state index contributed by atoms with van der Waals surface area (Å²) in [5, 5.41) is 2.20. The molecule has 0 radical (unpaired) electrons. The third-order valence-electron chi connectivity index (χ3n) is 5.87. The summed E-state index contributed by atoms with van der Waals surface area (Å²) in [5.74, 6) is -0.0159. The van der Waals surface area contributed by atoms with Crippen LogP contribution in [-0.4, -0.2) is 49.7 Å². The molecule has 2 aromatic carbocycles. The fourth-order valence-electron chi connectivity index (χ4n) is 3.81. The molecule has 0 saturated carbocycles. The van der Waals surface area contributed by atoms with Crippen LogP contribution >= 0.6 is 0 Å². The average Bonchev–Trinajstić information content (AvgIpc) is 3.19. The summed E-state index contributed by atoms with van der Waals surface area (Å²) in [7, 11) is -3.52. The van der Waals surface area contributed by atoms with E-state index in [1.54, 1.807) is 17.2 Å². The smallest absolute Gasteiger partial charge is 0.236 e. The third kappa shape index (κ3) is 4.57. The lowest BCUT2D eigenvalue weighted by Gasteiger charge is -2.33. The van der Waals surface area contributed by atoms with Gasteiger partial charge in [-0.3, -0.25) is 4.79 Å². The fourth-order valence-corrected chi connectivity index (χ4v) is 4.98. The summed E-state index contributed by atoms with van der Waals surface area (Å²) in [6, 6.07) is 13.3. The second-order valence-corrected chi connectivity index (χ2v) is 9.68. The number of nitrogens with zero attached hydrogens (tertiary/aromatic N) is 2. The van der Waals surface area contributed by atoms with Gasteiger partial charge in [-0.25, -0.2) is 8.42 Å². The molecule has 1 aliphatic rings. The molecule has 0 atom stereocenters. The maximum atomic E-state index is 12.8. The van der Waals surface area contributed by atoms with Crippen LogP contribution in [0.25, 0.3) is 17.0 Å². The van der Waals surface area contributed by atoms with Crippen molar-refractivity contribution in [2.45, 2.75) is 20.3 Å². The average molecular weight is 439 g/mol. The number of furan rings is 1. The number of carbonyl (C=O) groups excluding carboxylic acids is 1. The maximum Gasteiger partial charge on any atom is 0.236 e. The Morgan fingerprint density at radius 2 is 1.74 bits per heavy atom. The highest BCUT2D eigenvalue weighted by molar-refractivity contribution is 7.92. The first-order chi connectivity index (χ1) is 14.8. The van der Waals surface area contributed by atoms with Gasteiger partial charge in [-0.15, -0.1) is 0 Å². The first-order valence-corrected chi connectivity index (χ1v) is 11.8. The third-order valence-corrected chi connectivity index (χ3v) is 7.43. The van der Waals surface area contributed by atoms with Crippen molar-refractivity contribution < 1.29 is 17.6 Å². The fraction of sp³-hybridized carbons (Fsp3) is 0.292. The highest BCUT2D eigenvalue weighted by atomic mass is 32.2. The van der Waals surface area contributed by atoms with Crippen LogP contribution in [-0.2, 0) is 21.2 Å². The van der Waals surface area contributed by atoms with Gasteiger partial charge in [-0.05, 0) is 36.6 Å². The number of piperazine rings is 1. The van der Waals surface area contributed by atoms with Crippen LogP contribution in [0.4, 0.5) is 0 Å². The SMILES string of the molecule is Cc1ccc2c(CC(=O)N3CCN(S(=O)(=O)/C=C/c4ccccc4)CC3)coc2c1C. The molecule has 3 aromatic rings. The molecular weight excluding hydrogens is 412 g/mol. The van der Waals surface area contributed by atoms with Gasteiger partial charge in [0.05, 0.1) is 12.7 Å². The predicted molar refractivity (Wildman–Crippen MR) is 122 cm³/mol. The Kier molecular flexibility index (Phi) is 5.98. The molecule has 6 nitrogen and oxygen atoms in total. The summed E-state index contributed by atoms with van der Waals surface area (Å²) >= 11 is 0. The van der Waals surface area contributed by atoms with E-state index >= 15 is 0 Å². The summed E-state index contributed by atoms with van der Waals surface area (Å²) in [6.07, 6.45) is 3.50. The number of amides is 1. The zero-order valence-electron chi connectivity index (χ0n) is 17.7. The minimum atomic E-state index is -3.52. The van der Waals surface area contributed by atoms with Gasteiger partial charge in [0.15, 0.2) is 0 Å². The molecular formula is C24H26N2O4S. The summed E-state index contributed by atoms with van der Waals surface area (Å²) < 4.78 is 32.4. The first-order valence-electron chi connectivity index (χ1n) is 10.3. The van der Waals surface area contributed by atoms with Crippen molar-refractivity contribution >= 4 is 33.0 Å². The van der Waals surface area contributed by atoms with E-state index in [0.717, 1.165) is 33.2 Å². The van der Waals surface area contributed by atoms with E-state index in [1.807, 2.05) is 56.3 Å². The molecule has 0 unspecified atom stereocenters. The van der Waals surface area contributed by atoms with Gasteiger partial charge in [0.1, 0.15) is 5.58 Å². The molecule has 1 fully saturated rings. The van der Waals surface area contributed by atoms with Crippen molar-refractivity contribution in [1.82, 2.24) is 9.21 Å². The van der Waals surface area contributed by atoms with E-state index in [0.29, 0.717) is 13.1 Å². The molecule has 0 bridgehead atoms. The molecule has 1 saturated heterocycles. The summed E-state index contributed by atoms with van der Waals surface area (Å²) in [6.45, 7) is 5.38. The van der Waals surface area contributed by atoms with Crippen LogP contribution in [0.5, 0.6) is 0 Å². The van der Waals surface area contributed by atoms with E-state index < -0.39 is 10.0 Å². The molecule has 2 heterocycles. The van der Waals surface area contributed by atoms with Crippen molar-refractivity contribution in [2.75, 3.05) is 26.2 Å². The summed E-state index contributed by atoms with van der Waals surface area (Å²) in [5.41, 5.74) is 4.75. The zero-order chi connectivity index (χ0) is 22.0. The van der Waals surface area contributed by atoms with E-state index in [-0.39, 0.29) is 25.4 Å². The van der Waals surface area contributed by atoms with E-state index in [1.165, 1.54) is 9.71 Å². The Labute approximate surface area is 182 Å². The molecule has 7 heteroatoms. The van der Waals surface area contributed by atoms with E-state index in [4.69, 9.17) is 4.42 Å². The lowest BCUT2D eigenvalue weighted by molar-refractivity contribution is -0.131. The monoisotopic (exact) mass is 438 g/mol. The van der Waals surface area contributed by atoms with Gasteiger partial charge in [-0.1, -0.05) is 42.5 Å². The van der Waals surface area contributed by atoms with Crippen molar-refractivity contribution in [2.24, 2.45) is 0 Å². The number of aryl methyl sites for hydroxylation is 2. The van der Waals surface area contributed by atoms with Gasteiger partial charge >= 0.3 is 0 Å². The highest BCUT2D eigenvalue weighted by Gasteiger charge is 2.27. The second kappa shape index (κ2) is 8.69. The lowest BCUT2D eigenvalue weighted by Crippen LogP contribution is -2.50. The quantitative estimate of drug-likeness (QED) is 0.609. The van der Waals surface area contributed by atoms with Crippen molar-refractivity contribution in [3.05, 3.63) is 76.4 Å². The molecule has 1 aromatic heterocycles. The number of rotatable bonds is 5. The molecule has 1 aliphatic heterocycles. The van der Waals surface area contributed by atoms with E-state index in [2.05, 4.69) is 0 Å². The number of fused-ring (bicyclic) bond motifs is 1. The molecule has 0 N–H and O–H groups in total. The van der Waals surface area contributed by atoms with Crippen molar-refractivity contribution in [1.29, 1.82) is 0 Å². The number of sulfonamides is 1. The number of carbonyl (C=O) groups is 1. The predicted octanol–water partition coefficient (Wildman–Crippen LogP) is 3.74. The topological polar surface area (TPSA) is 70.8 Å². The molecule has 4 rings (SSSR count). The Morgan fingerprint density at radius 3 is 2.45 bits per heavy atom. The number of hydrogen-bond donors (Lipinski definition) is 0. The van der Waals surface area contributed by atoms with Crippen LogP contribution in [0.15, 0.2) is 58.6 Å². The van der Waals surface area contributed by atoms with Crippen molar-refractivity contribution in [3.8, 4) is 0 Å². The van der Waals surface area contributed by atoms with Crippen LogP contribution < -0.4 is 0 Å². The van der Waals surface area contributed by atoms with Gasteiger partial charge in [-0.2, -0.15) is 4.31 Å². The minimum Gasteiger partial charge on any atom is -0.464 e. The second-order valence-electron chi connectivity index (χ2n) is 7.86. The van der Waals surface area contributed by atoms with Crippen LogP contribution in [0.1, 0.15) is 22.3 Å². The summed E-state index contributed by atoms with van der Waals surface area (Å²) in [4.78, 5) is 14.6. The Hall–Kier alpha value is -2.90. The largest absolute Gasteiger partial charge is 0.464 e. The van der Waals surface area contributed by atoms with Crippen LogP contribution in [0, 0.1) is 13.8 Å². The van der Waals surface area contributed by atoms with Crippen molar-refractivity contribution in [3.63, 3.8) is 0 Å². The molecule has 0 spiro atoms.